The number of rotatable bonds is 5. The Morgan fingerprint density at radius 1 is 1.00 bits per heavy atom. The molecular weight excluding hydrogens is 394 g/mol. The van der Waals surface area contributed by atoms with Crippen molar-refractivity contribution >= 4 is 38.9 Å². The van der Waals surface area contributed by atoms with E-state index in [-0.39, 0.29) is 15.9 Å². The van der Waals surface area contributed by atoms with Crippen molar-refractivity contribution in [1.29, 1.82) is 0 Å². The summed E-state index contributed by atoms with van der Waals surface area (Å²) in [4.78, 5) is 12.4. The van der Waals surface area contributed by atoms with Crippen molar-refractivity contribution in [3.8, 4) is 0 Å². The highest BCUT2D eigenvalue weighted by Crippen LogP contribution is 2.27. The first kappa shape index (κ1) is 21.2. The molecule has 1 saturated carbocycles. The maximum Gasteiger partial charge on any atom is 0.243 e. The molecule has 0 unspecified atom stereocenters. The van der Waals surface area contributed by atoms with Gasteiger partial charge in [-0.05, 0) is 68.1 Å². The van der Waals surface area contributed by atoms with Gasteiger partial charge in [0.1, 0.15) is 0 Å². The van der Waals surface area contributed by atoms with Crippen LogP contribution in [0.25, 0.3) is 0 Å². The maximum atomic E-state index is 12.8. The van der Waals surface area contributed by atoms with Crippen molar-refractivity contribution < 1.29 is 13.2 Å². The first-order chi connectivity index (χ1) is 13.4. The fourth-order valence-corrected chi connectivity index (χ4v) is 5.71. The number of carbonyl (C=O) groups is 1. The van der Waals surface area contributed by atoms with Crippen LogP contribution >= 0.6 is 12.2 Å². The van der Waals surface area contributed by atoms with Crippen LogP contribution in [-0.4, -0.2) is 36.8 Å². The second-order valence-electron chi connectivity index (χ2n) is 7.70. The van der Waals surface area contributed by atoms with E-state index in [0.29, 0.717) is 31.1 Å². The second-order valence-corrected chi connectivity index (χ2v) is 10.0. The molecule has 1 aliphatic carbocycles. The largest absolute Gasteiger partial charge is 0.332 e. The van der Waals surface area contributed by atoms with Crippen LogP contribution in [-0.2, 0) is 14.8 Å². The molecule has 0 atom stereocenters. The Morgan fingerprint density at radius 3 is 2.21 bits per heavy atom. The molecule has 2 fully saturated rings. The van der Waals surface area contributed by atoms with Gasteiger partial charge in [0.25, 0.3) is 0 Å². The van der Waals surface area contributed by atoms with Gasteiger partial charge < -0.3 is 10.6 Å². The number of carbonyl (C=O) groups excluding carboxylic acids is 1. The Bertz CT molecular complexity index is 779. The van der Waals surface area contributed by atoms with Gasteiger partial charge >= 0.3 is 0 Å². The minimum Gasteiger partial charge on any atom is -0.332 e. The molecule has 0 spiro atoms. The van der Waals surface area contributed by atoms with Gasteiger partial charge in [-0.2, -0.15) is 4.31 Å². The number of hydrogen-bond donors (Lipinski definition) is 2. The lowest BCUT2D eigenvalue weighted by atomic mass is 10.0. The Labute approximate surface area is 173 Å². The third-order valence-corrected chi connectivity index (χ3v) is 7.63. The van der Waals surface area contributed by atoms with E-state index in [9.17, 15) is 13.2 Å². The normalized spacial score (nSPS) is 19.1. The van der Waals surface area contributed by atoms with Gasteiger partial charge in [0, 0.05) is 25.2 Å². The minimum absolute atomic E-state index is 0.0650. The Morgan fingerprint density at radius 2 is 1.61 bits per heavy atom. The monoisotopic (exact) mass is 423 g/mol. The zero-order valence-corrected chi connectivity index (χ0v) is 17.8. The van der Waals surface area contributed by atoms with Gasteiger partial charge in [0.05, 0.1) is 4.90 Å². The van der Waals surface area contributed by atoms with Gasteiger partial charge in [-0.1, -0.05) is 25.7 Å². The molecule has 2 aliphatic rings. The van der Waals surface area contributed by atoms with Crippen molar-refractivity contribution in [2.75, 3.05) is 18.4 Å². The molecule has 1 aliphatic heterocycles. The van der Waals surface area contributed by atoms with E-state index >= 15 is 0 Å². The van der Waals surface area contributed by atoms with E-state index in [1.54, 1.807) is 28.6 Å². The molecule has 6 nitrogen and oxygen atoms in total. The van der Waals surface area contributed by atoms with Crippen molar-refractivity contribution in [3.05, 3.63) is 24.3 Å². The molecule has 0 radical (unpaired) electrons. The van der Waals surface area contributed by atoms with Crippen LogP contribution in [0.15, 0.2) is 29.2 Å². The first-order valence-corrected chi connectivity index (χ1v) is 12.0. The van der Waals surface area contributed by atoms with Crippen LogP contribution < -0.4 is 10.6 Å². The molecule has 8 heteroatoms. The van der Waals surface area contributed by atoms with E-state index in [1.807, 2.05) is 0 Å². The Hall–Kier alpha value is -1.51. The van der Waals surface area contributed by atoms with Gasteiger partial charge in [0.15, 0.2) is 5.11 Å². The molecule has 3 rings (SSSR count). The van der Waals surface area contributed by atoms with Crippen molar-refractivity contribution in [2.24, 2.45) is 5.92 Å². The third kappa shape index (κ3) is 5.75. The lowest BCUT2D eigenvalue weighted by Gasteiger charge is -2.20. The number of sulfonamides is 1. The number of nitrogens with zero attached hydrogens (tertiary/aromatic N) is 1. The number of nitrogens with one attached hydrogen (secondary N) is 2. The van der Waals surface area contributed by atoms with E-state index in [1.165, 1.54) is 12.8 Å². The van der Waals surface area contributed by atoms with Crippen molar-refractivity contribution in [3.63, 3.8) is 0 Å². The van der Waals surface area contributed by atoms with E-state index in [0.717, 1.165) is 38.5 Å². The zero-order chi connectivity index (χ0) is 20.0. The maximum absolute atomic E-state index is 12.8. The quantitative estimate of drug-likeness (QED) is 0.707. The molecule has 28 heavy (non-hydrogen) atoms. The molecule has 1 heterocycles. The number of thiocarbonyl (C=S) groups is 1. The number of anilines is 1. The van der Waals surface area contributed by atoms with E-state index < -0.39 is 10.0 Å². The van der Waals surface area contributed by atoms with Crippen LogP contribution in [0.4, 0.5) is 5.69 Å². The van der Waals surface area contributed by atoms with E-state index in [2.05, 4.69) is 10.6 Å². The summed E-state index contributed by atoms with van der Waals surface area (Å²) in [5.41, 5.74) is 0.654. The summed E-state index contributed by atoms with van der Waals surface area (Å²) in [6.45, 7) is 1.17. The van der Waals surface area contributed by atoms with E-state index in [4.69, 9.17) is 12.2 Å². The molecule has 1 aromatic carbocycles. The van der Waals surface area contributed by atoms with Gasteiger partial charge in [0.2, 0.25) is 15.9 Å². The fourth-order valence-electron chi connectivity index (χ4n) is 3.96. The minimum atomic E-state index is -3.46. The highest BCUT2D eigenvalue weighted by molar-refractivity contribution is 7.89. The lowest BCUT2D eigenvalue weighted by Crippen LogP contribution is -2.35. The van der Waals surface area contributed by atoms with Gasteiger partial charge in [-0.3, -0.25) is 4.79 Å². The average Bonchev–Trinajstić information content (AvgIpc) is 3.00. The number of benzene rings is 1. The molecule has 1 amide bonds. The standard InChI is InChI=1S/C20H29N3O3S2/c24-19(15-16-7-3-4-8-16)22-20(27)21-17-9-11-18(12-10-17)28(25,26)23-13-5-1-2-6-14-23/h9-12,16H,1-8,13-15H2,(H2,21,22,24,27). The summed E-state index contributed by atoms with van der Waals surface area (Å²) < 4.78 is 27.2. The van der Waals surface area contributed by atoms with Crippen LogP contribution in [0.3, 0.4) is 0 Å². The summed E-state index contributed by atoms with van der Waals surface area (Å²) in [5.74, 6) is 0.399. The Kier molecular flexibility index (Phi) is 7.42. The fraction of sp³-hybridized carbons (Fsp3) is 0.600. The molecule has 0 aromatic heterocycles. The number of amides is 1. The predicted molar refractivity (Wildman–Crippen MR) is 115 cm³/mol. The third-order valence-electron chi connectivity index (χ3n) is 5.52. The van der Waals surface area contributed by atoms with Crippen LogP contribution in [0.1, 0.15) is 57.8 Å². The van der Waals surface area contributed by atoms with Crippen LogP contribution in [0.5, 0.6) is 0 Å². The smallest absolute Gasteiger partial charge is 0.243 e. The van der Waals surface area contributed by atoms with Gasteiger partial charge in [-0.15, -0.1) is 0 Å². The highest BCUT2D eigenvalue weighted by Gasteiger charge is 2.25. The van der Waals surface area contributed by atoms with Crippen LogP contribution in [0.2, 0.25) is 0 Å². The molecule has 1 aromatic rings. The number of hydrogen-bond acceptors (Lipinski definition) is 4. The molecule has 2 N–H and O–H groups in total. The SMILES string of the molecule is O=C(CC1CCCC1)NC(=S)Nc1ccc(S(=O)(=O)N2CCCCCC2)cc1. The van der Waals surface area contributed by atoms with Crippen molar-refractivity contribution in [2.45, 2.75) is 62.7 Å². The highest BCUT2D eigenvalue weighted by atomic mass is 32.2. The van der Waals surface area contributed by atoms with Crippen molar-refractivity contribution in [1.82, 2.24) is 9.62 Å². The molecule has 1 saturated heterocycles. The summed E-state index contributed by atoms with van der Waals surface area (Å²) in [6.07, 6.45) is 9.12. The topological polar surface area (TPSA) is 78.5 Å². The second kappa shape index (κ2) is 9.80. The predicted octanol–water partition coefficient (Wildman–Crippen LogP) is 3.64. The summed E-state index contributed by atoms with van der Waals surface area (Å²) >= 11 is 5.21. The molecule has 154 valence electrons. The average molecular weight is 424 g/mol. The molecular formula is C20H29N3O3S2. The Balaban J connectivity index is 1.54. The summed E-state index contributed by atoms with van der Waals surface area (Å²) in [6, 6.07) is 6.54. The zero-order valence-electron chi connectivity index (χ0n) is 16.2. The molecule has 0 bridgehead atoms. The summed E-state index contributed by atoms with van der Waals surface area (Å²) in [7, 11) is -3.46. The lowest BCUT2D eigenvalue weighted by molar-refractivity contribution is -0.120. The van der Waals surface area contributed by atoms with Gasteiger partial charge in [-0.25, -0.2) is 8.42 Å². The van der Waals surface area contributed by atoms with Crippen LogP contribution in [0, 0.1) is 5.92 Å². The first-order valence-electron chi connectivity index (χ1n) is 10.2. The summed E-state index contributed by atoms with van der Waals surface area (Å²) in [5, 5.41) is 5.91.